The van der Waals surface area contributed by atoms with E-state index in [1.54, 1.807) is 11.3 Å². The molecule has 0 radical (unpaired) electrons. The molecule has 1 aromatic heterocycles. The van der Waals surface area contributed by atoms with Crippen LogP contribution in [0.2, 0.25) is 0 Å². The molecular formula is C13H17N3S2. The van der Waals surface area contributed by atoms with Crippen LogP contribution >= 0.6 is 23.1 Å². The molecule has 0 aliphatic carbocycles. The Morgan fingerprint density at radius 1 is 1.22 bits per heavy atom. The first-order valence-electron chi connectivity index (χ1n) is 5.89. The largest absolute Gasteiger partial charge is 0.299 e. The molecule has 0 fully saturated rings. The SMILES string of the molecule is Cc1nnc(CN(C)CCSc2ccccc2)s1. The predicted molar refractivity (Wildman–Crippen MR) is 78.1 cm³/mol. The molecule has 1 heterocycles. The van der Waals surface area contributed by atoms with Crippen molar-refractivity contribution in [1.29, 1.82) is 0 Å². The van der Waals surface area contributed by atoms with Gasteiger partial charge in [0.1, 0.15) is 10.0 Å². The minimum absolute atomic E-state index is 0.890. The summed E-state index contributed by atoms with van der Waals surface area (Å²) in [6, 6.07) is 10.5. The fourth-order valence-corrected chi connectivity index (χ4v) is 3.32. The zero-order valence-electron chi connectivity index (χ0n) is 10.7. The van der Waals surface area contributed by atoms with Gasteiger partial charge in [0, 0.05) is 17.2 Å². The summed E-state index contributed by atoms with van der Waals surface area (Å²) in [7, 11) is 2.13. The molecule has 18 heavy (non-hydrogen) atoms. The summed E-state index contributed by atoms with van der Waals surface area (Å²) in [5, 5.41) is 10.3. The molecule has 0 aliphatic rings. The predicted octanol–water partition coefficient (Wildman–Crippen LogP) is 3.07. The molecular weight excluding hydrogens is 262 g/mol. The number of thioether (sulfide) groups is 1. The lowest BCUT2D eigenvalue weighted by Gasteiger charge is -2.14. The van der Waals surface area contributed by atoms with Crippen LogP contribution in [0.5, 0.6) is 0 Å². The molecule has 0 spiro atoms. The normalized spacial score (nSPS) is 11.1. The van der Waals surface area contributed by atoms with Crippen LogP contribution in [0.15, 0.2) is 35.2 Å². The van der Waals surface area contributed by atoms with E-state index < -0.39 is 0 Å². The number of nitrogens with zero attached hydrogens (tertiary/aromatic N) is 3. The van der Waals surface area contributed by atoms with Crippen LogP contribution in [0.1, 0.15) is 10.0 Å². The summed E-state index contributed by atoms with van der Waals surface area (Å²) < 4.78 is 0. The highest BCUT2D eigenvalue weighted by Gasteiger charge is 2.05. The summed E-state index contributed by atoms with van der Waals surface area (Å²) in [5.41, 5.74) is 0. The van der Waals surface area contributed by atoms with E-state index in [2.05, 4.69) is 46.4 Å². The molecule has 1 aromatic carbocycles. The molecule has 2 aromatic rings. The monoisotopic (exact) mass is 279 g/mol. The Hall–Kier alpha value is -0.910. The summed E-state index contributed by atoms with van der Waals surface area (Å²) >= 11 is 3.57. The van der Waals surface area contributed by atoms with Gasteiger partial charge < -0.3 is 0 Å². The average molecular weight is 279 g/mol. The number of aromatic nitrogens is 2. The van der Waals surface area contributed by atoms with Gasteiger partial charge in [-0.05, 0) is 26.1 Å². The smallest absolute Gasteiger partial charge is 0.131 e. The number of hydrogen-bond acceptors (Lipinski definition) is 5. The van der Waals surface area contributed by atoms with E-state index in [0.29, 0.717) is 0 Å². The van der Waals surface area contributed by atoms with E-state index in [4.69, 9.17) is 0 Å². The van der Waals surface area contributed by atoms with Gasteiger partial charge in [0.15, 0.2) is 0 Å². The fourth-order valence-electron chi connectivity index (χ4n) is 1.55. The molecule has 0 amide bonds. The topological polar surface area (TPSA) is 29.0 Å². The summed E-state index contributed by atoms with van der Waals surface area (Å²) in [6.07, 6.45) is 0. The summed E-state index contributed by atoms with van der Waals surface area (Å²) in [4.78, 5) is 3.62. The Bertz CT molecular complexity index is 470. The first-order valence-corrected chi connectivity index (χ1v) is 7.69. The highest BCUT2D eigenvalue weighted by Crippen LogP contribution is 2.17. The van der Waals surface area contributed by atoms with Gasteiger partial charge in [-0.1, -0.05) is 18.2 Å². The zero-order chi connectivity index (χ0) is 12.8. The third-order valence-corrected chi connectivity index (χ3v) is 4.27. The van der Waals surface area contributed by atoms with E-state index in [1.807, 2.05) is 24.8 Å². The third kappa shape index (κ3) is 4.40. The minimum atomic E-state index is 0.890. The van der Waals surface area contributed by atoms with Crippen molar-refractivity contribution < 1.29 is 0 Å². The maximum absolute atomic E-state index is 4.14. The Morgan fingerprint density at radius 3 is 2.67 bits per heavy atom. The van der Waals surface area contributed by atoms with E-state index in [1.165, 1.54) is 4.90 Å². The second kappa shape index (κ2) is 6.87. The first-order chi connectivity index (χ1) is 8.74. The van der Waals surface area contributed by atoms with Crippen molar-refractivity contribution in [3.63, 3.8) is 0 Å². The molecule has 96 valence electrons. The molecule has 0 unspecified atom stereocenters. The lowest BCUT2D eigenvalue weighted by molar-refractivity contribution is 0.347. The van der Waals surface area contributed by atoms with Crippen LogP contribution < -0.4 is 0 Å². The Kier molecular flexibility index (Phi) is 5.16. The minimum Gasteiger partial charge on any atom is -0.299 e. The van der Waals surface area contributed by atoms with Gasteiger partial charge in [0.2, 0.25) is 0 Å². The van der Waals surface area contributed by atoms with E-state index >= 15 is 0 Å². The Balaban J connectivity index is 1.70. The highest BCUT2D eigenvalue weighted by atomic mass is 32.2. The summed E-state index contributed by atoms with van der Waals surface area (Å²) in [5.74, 6) is 1.10. The number of aryl methyl sites for hydroxylation is 1. The maximum Gasteiger partial charge on any atom is 0.131 e. The number of rotatable bonds is 6. The maximum atomic E-state index is 4.14. The van der Waals surface area contributed by atoms with E-state index in [-0.39, 0.29) is 0 Å². The highest BCUT2D eigenvalue weighted by molar-refractivity contribution is 7.99. The van der Waals surface area contributed by atoms with Crippen molar-refractivity contribution in [1.82, 2.24) is 15.1 Å². The molecule has 0 N–H and O–H groups in total. The van der Waals surface area contributed by atoms with E-state index in [9.17, 15) is 0 Å². The average Bonchev–Trinajstić information content (AvgIpc) is 2.76. The van der Waals surface area contributed by atoms with Crippen molar-refractivity contribution in [2.75, 3.05) is 19.3 Å². The Labute approximate surface area is 116 Å². The quantitative estimate of drug-likeness (QED) is 0.760. The van der Waals surface area contributed by atoms with Crippen molar-refractivity contribution in [2.45, 2.75) is 18.4 Å². The van der Waals surface area contributed by atoms with Gasteiger partial charge in [0.05, 0.1) is 6.54 Å². The lowest BCUT2D eigenvalue weighted by atomic mass is 10.4. The van der Waals surface area contributed by atoms with Crippen molar-refractivity contribution in [3.8, 4) is 0 Å². The molecule has 0 saturated carbocycles. The third-order valence-electron chi connectivity index (χ3n) is 2.46. The van der Waals surface area contributed by atoms with Gasteiger partial charge in [-0.2, -0.15) is 0 Å². The van der Waals surface area contributed by atoms with Crippen molar-refractivity contribution >= 4 is 23.1 Å². The number of hydrogen-bond donors (Lipinski definition) is 0. The van der Waals surface area contributed by atoms with Gasteiger partial charge in [-0.15, -0.1) is 33.3 Å². The van der Waals surface area contributed by atoms with Gasteiger partial charge in [-0.3, -0.25) is 4.90 Å². The zero-order valence-corrected chi connectivity index (χ0v) is 12.3. The second-order valence-electron chi connectivity index (χ2n) is 4.11. The van der Waals surface area contributed by atoms with Gasteiger partial charge >= 0.3 is 0 Å². The molecule has 0 atom stereocenters. The van der Waals surface area contributed by atoms with Crippen LogP contribution in [-0.4, -0.2) is 34.4 Å². The molecule has 0 aliphatic heterocycles. The van der Waals surface area contributed by atoms with Crippen molar-refractivity contribution in [2.24, 2.45) is 0 Å². The molecule has 3 nitrogen and oxygen atoms in total. The summed E-state index contributed by atoms with van der Waals surface area (Å²) in [6.45, 7) is 3.94. The molecule has 5 heteroatoms. The molecule has 0 bridgehead atoms. The number of benzene rings is 1. The Morgan fingerprint density at radius 2 is 2.00 bits per heavy atom. The van der Waals surface area contributed by atoms with Crippen LogP contribution in [0, 0.1) is 6.92 Å². The van der Waals surface area contributed by atoms with Crippen LogP contribution in [0.4, 0.5) is 0 Å². The van der Waals surface area contributed by atoms with Crippen LogP contribution in [0.25, 0.3) is 0 Å². The molecule has 0 saturated heterocycles. The lowest BCUT2D eigenvalue weighted by Crippen LogP contribution is -2.20. The van der Waals surface area contributed by atoms with Gasteiger partial charge in [-0.25, -0.2) is 0 Å². The van der Waals surface area contributed by atoms with Gasteiger partial charge in [0.25, 0.3) is 0 Å². The molecule has 2 rings (SSSR count). The first kappa shape index (κ1) is 13.5. The van der Waals surface area contributed by atoms with E-state index in [0.717, 1.165) is 28.9 Å². The van der Waals surface area contributed by atoms with Crippen molar-refractivity contribution in [3.05, 3.63) is 40.3 Å². The standard InChI is InChI=1S/C13H17N3S2/c1-11-14-15-13(18-11)10-16(2)8-9-17-12-6-4-3-5-7-12/h3-7H,8-10H2,1-2H3. The van der Waals surface area contributed by atoms with Crippen LogP contribution in [0.3, 0.4) is 0 Å². The second-order valence-corrected chi connectivity index (χ2v) is 6.55. The fraction of sp³-hybridized carbons (Fsp3) is 0.385. The van der Waals surface area contributed by atoms with Crippen LogP contribution in [-0.2, 0) is 6.54 Å².